The quantitative estimate of drug-likeness (QED) is 0.154. The van der Waals surface area contributed by atoms with E-state index in [0.29, 0.717) is 24.8 Å². The number of ketones is 1. The van der Waals surface area contributed by atoms with Crippen LogP contribution in [0.15, 0.2) is 30.3 Å². The third kappa shape index (κ3) is 12.6. The van der Waals surface area contributed by atoms with Crippen LogP contribution in [0, 0.1) is 11.8 Å². The third-order valence-corrected chi connectivity index (χ3v) is 10.00. The zero-order valence-corrected chi connectivity index (χ0v) is 32.9. The van der Waals surface area contributed by atoms with E-state index in [0.717, 1.165) is 19.3 Å². The lowest BCUT2D eigenvalue weighted by atomic mass is 9.83. The summed E-state index contributed by atoms with van der Waals surface area (Å²) in [5, 5.41) is 10.3. The Bertz CT molecular complexity index is 1460. The number of benzene rings is 1. The molecule has 3 rings (SSSR count). The van der Waals surface area contributed by atoms with Crippen LogP contribution in [-0.2, 0) is 33.5 Å². The highest BCUT2D eigenvalue weighted by Crippen LogP contribution is 2.35. The first-order valence-electron chi connectivity index (χ1n) is 18.2. The van der Waals surface area contributed by atoms with Gasteiger partial charge in [0.05, 0.1) is 12.6 Å². The number of rotatable bonds is 15. The van der Waals surface area contributed by atoms with E-state index in [1.807, 2.05) is 0 Å². The van der Waals surface area contributed by atoms with Gasteiger partial charge in [-0.25, -0.2) is 4.79 Å². The Morgan fingerprint density at radius 3 is 2.13 bits per heavy atom. The fraction of sp³-hybridized carbons (Fsp3) is 0.649. The maximum atomic E-state index is 14.3. The first-order valence-corrected chi connectivity index (χ1v) is 19.1. The molecule has 1 heterocycles. The minimum atomic E-state index is -1.29. The van der Waals surface area contributed by atoms with Gasteiger partial charge in [-0.1, -0.05) is 62.9 Å². The zero-order chi connectivity index (χ0) is 39.5. The van der Waals surface area contributed by atoms with E-state index in [9.17, 15) is 33.6 Å². The van der Waals surface area contributed by atoms with E-state index in [2.05, 4.69) is 21.3 Å². The van der Waals surface area contributed by atoms with Gasteiger partial charge in [-0.2, -0.15) is 0 Å². The molecule has 1 aromatic rings. The summed E-state index contributed by atoms with van der Waals surface area (Å²) < 4.78 is 5.47. The molecule has 1 aromatic carbocycles. The number of nitrogens with one attached hydrogen (secondary N) is 4. The van der Waals surface area contributed by atoms with Crippen molar-refractivity contribution in [3.63, 3.8) is 0 Å². The van der Waals surface area contributed by atoms with Crippen molar-refractivity contribution in [2.45, 2.75) is 114 Å². The molecule has 1 saturated carbocycles. The fourth-order valence-electron chi connectivity index (χ4n) is 6.75. The molecule has 0 spiro atoms. The molecule has 5 atom stereocenters. The maximum Gasteiger partial charge on any atom is 0.408 e. The standard InChI is InChI=1S/C37H54Cl2N6O8/c1-7-14-25(30(47)33(49)40-21-26(46)42-27(34(50)44(5)6)22-15-10-8-11-16-22)41-32(48)29-24(31(38)39)19-20-45(29)35(51)28(23-17-12-9-13-18-23)43-36(52)53-37(2,3)4/h8,10-11,15-16,23-25,27-29,31H,7,9,12-14,17-21H2,1-6H3,(H,40,49)(H,41,48)(H,42,46)(H,43,52)/t24?,25?,27-,28?,29-/m0/s1. The summed E-state index contributed by atoms with van der Waals surface area (Å²) in [5.41, 5.74) is -0.269. The summed E-state index contributed by atoms with van der Waals surface area (Å²) >= 11 is 12.7. The van der Waals surface area contributed by atoms with Gasteiger partial charge >= 0.3 is 6.09 Å². The Kier molecular flexibility index (Phi) is 16.4. The molecule has 2 fully saturated rings. The molecule has 2 aliphatic rings. The number of ether oxygens (including phenoxy) is 1. The van der Waals surface area contributed by atoms with Crippen molar-refractivity contribution in [1.82, 2.24) is 31.1 Å². The summed E-state index contributed by atoms with van der Waals surface area (Å²) in [6.45, 7) is 6.43. The molecule has 1 saturated heterocycles. The van der Waals surface area contributed by atoms with Crippen molar-refractivity contribution < 1.29 is 38.3 Å². The molecule has 294 valence electrons. The highest BCUT2D eigenvalue weighted by molar-refractivity contribution is 6.44. The van der Waals surface area contributed by atoms with Gasteiger partial charge < -0.3 is 35.8 Å². The molecule has 16 heteroatoms. The molecule has 6 amide bonds. The Hall–Kier alpha value is -3.91. The smallest absolute Gasteiger partial charge is 0.408 e. The normalized spacial score (nSPS) is 19.4. The first-order chi connectivity index (χ1) is 24.9. The van der Waals surface area contributed by atoms with Crippen LogP contribution in [0.3, 0.4) is 0 Å². The van der Waals surface area contributed by atoms with Gasteiger partial charge in [-0.3, -0.25) is 28.8 Å². The lowest BCUT2D eigenvalue weighted by molar-refractivity contribution is -0.144. The van der Waals surface area contributed by atoms with Crippen molar-refractivity contribution >= 4 is 64.6 Å². The number of alkyl carbamates (subject to hydrolysis) is 1. The van der Waals surface area contributed by atoms with Gasteiger partial charge in [-0.05, 0) is 57.9 Å². The number of halogens is 2. The Morgan fingerprint density at radius 1 is 0.925 bits per heavy atom. The zero-order valence-electron chi connectivity index (χ0n) is 31.4. The Balaban J connectivity index is 1.75. The van der Waals surface area contributed by atoms with E-state index in [-0.39, 0.29) is 25.3 Å². The average molecular weight is 782 g/mol. The number of hydrogen-bond acceptors (Lipinski definition) is 8. The number of alkyl halides is 2. The molecule has 53 heavy (non-hydrogen) atoms. The Labute approximate surface area is 321 Å². The first kappa shape index (κ1) is 43.5. The Morgan fingerprint density at radius 2 is 1.57 bits per heavy atom. The number of carbonyl (C=O) groups excluding carboxylic acids is 7. The lowest BCUT2D eigenvalue weighted by Gasteiger charge is -2.36. The second-order valence-electron chi connectivity index (χ2n) is 14.8. The number of amides is 6. The molecule has 1 aliphatic heterocycles. The topological polar surface area (TPSA) is 183 Å². The molecular formula is C37H54Cl2N6O8. The number of nitrogens with zero attached hydrogens (tertiary/aromatic N) is 2. The molecule has 1 aliphatic carbocycles. The third-order valence-electron chi connectivity index (χ3n) is 9.35. The van der Waals surface area contributed by atoms with E-state index < -0.39 is 88.5 Å². The van der Waals surface area contributed by atoms with E-state index in [1.54, 1.807) is 72.1 Å². The highest BCUT2D eigenvalue weighted by Gasteiger charge is 2.48. The fourth-order valence-corrected chi connectivity index (χ4v) is 7.28. The van der Waals surface area contributed by atoms with Crippen molar-refractivity contribution in [3.05, 3.63) is 35.9 Å². The van der Waals surface area contributed by atoms with Crippen molar-refractivity contribution in [1.29, 1.82) is 0 Å². The summed E-state index contributed by atoms with van der Waals surface area (Å²) in [4.78, 5) is 94.9. The number of hydrogen-bond donors (Lipinski definition) is 4. The summed E-state index contributed by atoms with van der Waals surface area (Å²) in [7, 11) is 3.10. The molecular weight excluding hydrogens is 727 g/mol. The van der Waals surface area contributed by atoms with Crippen molar-refractivity contribution in [2.75, 3.05) is 27.2 Å². The van der Waals surface area contributed by atoms with Crippen molar-refractivity contribution in [3.8, 4) is 0 Å². The largest absolute Gasteiger partial charge is 0.444 e. The minimum absolute atomic E-state index is 0.0824. The van der Waals surface area contributed by atoms with Crippen LogP contribution in [-0.4, -0.2) is 107 Å². The molecule has 3 unspecified atom stereocenters. The van der Waals surface area contributed by atoms with Gasteiger partial charge in [0, 0.05) is 26.6 Å². The van der Waals surface area contributed by atoms with E-state index >= 15 is 0 Å². The van der Waals surface area contributed by atoms with Crippen molar-refractivity contribution in [2.24, 2.45) is 11.8 Å². The van der Waals surface area contributed by atoms with Crippen LogP contribution in [0.1, 0.15) is 90.7 Å². The van der Waals surface area contributed by atoms with Gasteiger partial charge in [0.2, 0.25) is 29.4 Å². The van der Waals surface area contributed by atoms with Crippen LogP contribution in [0.2, 0.25) is 0 Å². The molecule has 0 aromatic heterocycles. The molecule has 4 N–H and O–H groups in total. The van der Waals surface area contributed by atoms with Crippen LogP contribution >= 0.6 is 23.2 Å². The molecule has 14 nitrogen and oxygen atoms in total. The second kappa shape index (κ2) is 20.0. The monoisotopic (exact) mass is 780 g/mol. The summed E-state index contributed by atoms with van der Waals surface area (Å²) in [6.07, 6.45) is 4.20. The van der Waals surface area contributed by atoms with Crippen LogP contribution < -0.4 is 21.3 Å². The van der Waals surface area contributed by atoms with Crippen LogP contribution in [0.25, 0.3) is 0 Å². The van der Waals surface area contributed by atoms with Gasteiger partial charge in [0.1, 0.15) is 28.6 Å². The maximum absolute atomic E-state index is 14.3. The van der Waals surface area contributed by atoms with Crippen LogP contribution in [0.5, 0.6) is 0 Å². The number of carbonyl (C=O) groups is 7. The summed E-state index contributed by atoms with van der Waals surface area (Å²) in [6, 6.07) is 4.10. The van der Waals surface area contributed by atoms with E-state index in [1.165, 1.54) is 9.80 Å². The highest BCUT2D eigenvalue weighted by atomic mass is 35.5. The number of Topliss-reactive ketones (excluding diaryl/α,β-unsaturated/α-hetero) is 1. The molecule has 0 radical (unpaired) electrons. The summed E-state index contributed by atoms with van der Waals surface area (Å²) in [5.74, 6) is -5.31. The predicted octanol–water partition coefficient (Wildman–Crippen LogP) is 3.40. The van der Waals surface area contributed by atoms with Gasteiger partial charge in [-0.15, -0.1) is 23.2 Å². The van der Waals surface area contributed by atoms with E-state index in [4.69, 9.17) is 27.9 Å². The predicted molar refractivity (Wildman–Crippen MR) is 200 cm³/mol. The minimum Gasteiger partial charge on any atom is -0.444 e. The SMILES string of the molecule is CCCC(NC(=O)[C@@H]1C(C(Cl)Cl)CCN1C(=O)C(NC(=O)OC(C)(C)C)C1CCCCC1)C(=O)C(=O)NCC(=O)N[C@H](C(=O)N(C)C)c1ccccc1. The number of likely N-dealkylation sites (N-methyl/N-ethyl adjacent to an activating group) is 1. The lowest BCUT2D eigenvalue weighted by Crippen LogP contribution is -2.59. The van der Waals surface area contributed by atoms with Crippen LogP contribution in [0.4, 0.5) is 4.79 Å². The second-order valence-corrected chi connectivity index (χ2v) is 16.0. The van der Waals surface area contributed by atoms with Gasteiger partial charge in [0.25, 0.3) is 5.91 Å². The number of likely N-dealkylation sites (tertiary alicyclic amines) is 1. The molecule has 0 bridgehead atoms. The van der Waals surface area contributed by atoms with Gasteiger partial charge in [0.15, 0.2) is 0 Å². The average Bonchev–Trinajstić information content (AvgIpc) is 3.57.